The number of nitrogens with zero attached hydrogens (tertiary/aromatic N) is 1. The molecule has 3 fully saturated rings. The van der Waals surface area contributed by atoms with Crippen LogP contribution in [0, 0.1) is 5.92 Å². The van der Waals surface area contributed by atoms with E-state index in [1.807, 2.05) is 0 Å². The summed E-state index contributed by atoms with van der Waals surface area (Å²) in [5.41, 5.74) is 1.49. The number of hydrogen-bond acceptors (Lipinski definition) is 3. The molecular weight excluding hydrogens is 276 g/mol. The van der Waals surface area contributed by atoms with Gasteiger partial charge in [0.05, 0.1) is 0 Å². The summed E-state index contributed by atoms with van der Waals surface area (Å²) in [6.45, 7) is 3.67. The maximum absolute atomic E-state index is 3.84. The first-order chi connectivity index (χ1) is 10.4. The van der Waals surface area contributed by atoms with Crippen molar-refractivity contribution in [3.8, 4) is 0 Å². The summed E-state index contributed by atoms with van der Waals surface area (Å²) < 4.78 is 0. The SMILES string of the molecule is c1ccc(C2CNC(C3CC3)CN2CC2CCCS2)cc1. The first-order valence-electron chi connectivity index (χ1n) is 8.54. The molecule has 0 aromatic heterocycles. The Morgan fingerprint density at radius 2 is 2.00 bits per heavy atom. The fourth-order valence-electron chi connectivity index (χ4n) is 3.91. The summed E-state index contributed by atoms with van der Waals surface area (Å²) in [7, 11) is 0. The molecule has 2 saturated heterocycles. The second-order valence-electron chi connectivity index (χ2n) is 6.87. The highest BCUT2D eigenvalue weighted by Gasteiger charge is 2.38. The Morgan fingerprint density at radius 1 is 1.14 bits per heavy atom. The monoisotopic (exact) mass is 302 g/mol. The van der Waals surface area contributed by atoms with Gasteiger partial charge in [0.1, 0.15) is 0 Å². The van der Waals surface area contributed by atoms with E-state index >= 15 is 0 Å². The average Bonchev–Trinajstić information content (AvgIpc) is 3.26. The highest BCUT2D eigenvalue weighted by molar-refractivity contribution is 8.00. The Bertz CT molecular complexity index is 452. The van der Waals surface area contributed by atoms with Gasteiger partial charge in [-0.2, -0.15) is 11.8 Å². The van der Waals surface area contributed by atoms with Crippen LogP contribution >= 0.6 is 11.8 Å². The molecule has 1 aliphatic carbocycles. The fourth-order valence-corrected chi connectivity index (χ4v) is 5.20. The van der Waals surface area contributed by atoms with Crippen molar-refractivity contribution in [2.45, 2.75) is 43.0 Å². The summed E-state index contributed by atoms with van der Waals surface area (Å²) in [6.07, 6.45) is 5.73. The van der Waals surface area contributed by atoms with E-state index in [1.54, 1.807) is 0 Å². The zero-order valence-corrected chi connectivity index (χ0v) is 13.5. The van der Waals surface area contributed by atoms with E-state index in [0.29, 0.717) is 6.04 Å². The van der Waals surface area contributed by atoms with E-state index in [-0.39, 0.29) is 0 Å². The van der Waals surface area contributed by atoms with Gasteiger partial charge in [0.2, 0.25) is 0 Å². The predicted molar refractivity (Wildman–Crippen MR) is 90.8 cm³/mol. The van der Waals surface area contributed by atoms with Crippen LogP contribution in [0.1, 0.15) is 37.3 Å². The molecule has 1 aromatic carbocycles. The fraction of sp³-hybridized carbons (Fsp3) is 0.667. The molecule has 3 atom stereocenters. The second kappa shape index (κ2) is 6.31. The molecule has 21 heavy (non-hydrogen) atoms. The summed E-state index contributed by atoms with van der Waals surface area (Å²) in [5.74, 6) is 2.33. The second-order valence-corrected chi connectivity index (χ2v) is 8.28. The lowest BCUT2D eigenvalue weighted by Gasteiger charge is -2.42. The zero-order valence-electron chi connectivity index (χ0n) is 12.7. The Balaban J connectivity index is 1.49. The van der Waals surface area contributed by atoms with Gasteiger partial charge in [0, 0.05) is 37.0 Å². The molecule has 114 valence electrons. The lowest BCUT2D eigenvalue weighted by molar-refractivity contribution is 0.122. The van der Waals surface area contributed by atoms with E-state index < -0.39 is 0 Å². The van der Waals surface area contributed by atoms with Crippen LogP contribution in [0.15, 0.2) is 30.3 Å². The van der Waals surface area contributed by atoms with E-state index in [0.717, 1.165) is 23.8 Å². The van der Waals surface area contributed by atoms with E-state index in [1.165, 1.54) is 50.1 Å². The Morgan fingerprint density at radius 3 is 2.71 bits per heavy atom. The van der Waals surface area contributed by atoms with Crippen molar-refractivity contribution in [1.29, 1.82) is 0 Å². The highest BCUT2D eigenvalue weighted by Crippen LogP contribution is 2.37. The minimum Gasteiger partial charge on any atom is -0.311 e. The summed E-state index contributed by atoms with van der Waals surface area (Å²) in [4.78, 5) is 2.79. The molecule has 1 aromatic rings. The van der Waals surface area contributed by atoms with Gasteiger partial charge in [-0.25, -0.2) is 0 Å². The third-order valence-electron chi connectivity index (χ3n) is 5.28. The molecule has 3 aliphatic rings. The Kier molecular flexibility index (Phi) is 4.24. The van der Waals surface area contributed by atoms with Crippen molar-refractivity contribution in [1.82, 2.24) is 10.2 Å². The number of rotatable bonds is 4. The molecule has 1 saturated carbocycles. The van der Waals surface area contributed by atoms with E-state index in [2.05, 4.69) is 52.3 Å². The van der Waals surface area contributed by atoms with Gasteiger partial charge in [0.15, 0.2) is 0 Å². The minimum absolute atomic E-state index is 0.572. The van der Waals surface area contributed by atoms with Crippen LogP contribution in [-0.4, -0.2) is 41.6 Å². The van der Waals surface area contributed by atoms with Crippen LogP contribution in [0.5, 0.6) is 0 Å². The third-order valence-corrected chi connectivity index (χ3v) is 6.66. The van der Waals surface area contributed by atoms with Crippen molar-refractivity contribution in [3.63, 3.8) is 0 Å². The zero-order chi connectivity index (χ0) is 14.1. The van der Waals surface area contributed by atoms with Gasteiger partial charge < -0.3 is 5.32 Å². The molecule has 0 amide bonds. The Labute approximate surface area is 132 Å². The van der Waals surface area contributed by atoms with Crippen molar-refractivity contribution >= 4 is 11.8 Å². The molecule has 2 aliphatic heterocycles. The largest absolute Gasteiger partial charge is 0.311 e. The van der Waals surface area contributed by atoms with Crippen molar-refractivity contribution in [2.24, 2.45) is 5.92 Å². The smallest absolute Gasteiger partial charge is 0.0473 e. The molecule has 3 heteroatoms. The lowest BCUT2D eigenvalue weighted by Crippen LogP contribution is -2.54. The van der Waals surface area contributed by atoms with Gasteiger partial charge in [-0.15, -0.1) is 0 Å². The first-order valence-corrected chi connectivity index (χ1v) is 9.59. The normalized spacial score (nSPS) is 34.2. The highest BCUT2D eigenvalue weighted by atomic mass is 32.2. The Hall–Kier alpha value is -0.510. The predicted octanol–water partition coefficient (Wildman–Crippen LogP) is 3.31. The number of thioether (sulfide) groups is 1. The molecule has 0 radical (unpaired) electrons. The van der Waals surface area contributed by atoms with Crippen molar-refractivity contribution in [2.75, 3.05) is 25.4 Å². The molecule has 4 rings (SSSR count). The summed E-state index contributed by atoms with van der Waals surface area (Å²) in [6, 6.07) is 12.4. The molecular formula is C18H26N2S. The standard InChI is InChI=1S/C18H26N2S/c1-2-5-15(6-3-1)18-11-19-17(14-8-9-14)13-20(18)12-16-7-4-10-21-16/h1-3,5-6,14,16-19H,4,7-13H2. The maximum Gasteiger partial charge on any atom is 0.0473 e. The number of benzene rings is 1. The molecule has 1 N–H and O–H groups in total. The van der Waals surface area contributed by atoms with Gasteiger partial charge in [-0.1, -0.05) is 30.3 Å². The lowest BCUT2D eigenvalue weighted by atomic mass is 9.98. The summed E-state index contributed by atoms with van der Waals surface area (Å²) in [5, 5.41) is 4.71. The number of piperazine rings is 1. The van der Waals surface area contributed by atoms with Gasteiger partial charge in [0.25, 0.3) is 0 Å². The van der Waals surface area contributed by atoms with Gasteiger partial charge in [-0.3, -0.25) is 4.90 Å². The van der Waals surface area contributed by atoms with E-state index in [9.17, 15) is 0 Å². The van der Waals surface area contributed by atoms with E-state index in [4.69, 9.17) is 0 Å². The van der Waals surface area contributed by atoms with Crippen LogP contribution in [-0.2, 0) is 0 Å². The molecule has 2 nitrogen and oxygen atoms in total. The third kappa shape index (κ3) is 3.30. The molecule has 2 heterocycles. The van der Waals surface area contributed by atoms with Crippen LogP contribution in [0.25, 0.3) is 0 Å². The van der Waals surface area contributed by atoms with Crippen LogP contribution in [0.3, 0.4) is 0 Å². The van der Waals surface area contributed by atoms with Gasteiger partial charge in [-0.05, 0) is 42.9 Å². The first kappa shape index (κ1) is 14.1. The molecule has 3 unspecified atom stereocenters. The van der Waals surface area contributed by atoms with Crippen LogP contribution < -0.4 is 5.32 Å². The molecule has 0 bridgehead atoms. The maximum atomic E-state index is 3.84. The number of hydrogen-bond donors (Lipinski definition) is 1. The average molecular weight is 302 g/mol. The molecule has 0 spiro atoms. The van der Waals surface area contributed by atoms with Crippen molar-refractivity contribution in [3.05, 3.63) is 35.9 Å². The van der Waals surface area contributed by atoms with Crippen LogP contribution in [0.4, 0.5) is 0 Å². The quantitative estimate of drug-likeness (QED) is 0.918. The van der Waals surface area contributed by atoms with Crippen LogP contribution in [0.2, 0.25) is 0 Å². The van der Waals surface area contributed by atoms with Gasteiger partial charge >= 0.3 is 0 Å². The topological polar surface area (TPSA) is 15.3 Å². The summed E-state index contributed by atoms with van der Waals surface area (Å²) >= 11 is 2.20. The van der Waals surface area contributed by atoms with Crippen molar-refractivity contribution < 1.29 is 0 Å². The minimum atomic E-state index is 0.572. The number of nitrogens with one attached hydrogen (secondary N) is 1.